The number of aryl methyl sites for hydroxylation is 2. The van der Waals surface area contributed by atoms with Gasteiger partial charge >= 0.3 is 0 Å². The van der Waals surface area contributed by atoms with Crippen molar-refractivity contribution in [2.75, 3.05) is 6.54 Å². The summed E-state index contributed by atoms with van der Waals surface area (Å²) in [4.78, 5) is 4.46. The van der Waals surface area contributed by atoms with E-state index < -0.39 is 0 Å². The number of hydrogen-bond donors (Lipinski definition) is 1. The maximum atomic E-state index is 5.30. The minimum Gasteiger partial charge on any atom is -0.339 e. The molecule has 2 aromatic rings. The van der Waals surface area contributed by atoms with Crippen molar-refractivity contribution in [3.8, 4) is 0 Å². The average Bonchev–Trinajstić information content (AvgIpc) is 2.80. The lowest BCUT2D eigenvalue weighted by Gasteiger charge is -2.19. The molecule has 0 aliphatic heterocycles. The lowest BCUT2D eigenvalue weighted by molar-refractivity contribution is 0.359. The molecule has 0 fully saturated rings. The van der Waals surface area contributed by atoms with E-state index in [0.717, 1.165) is 25.2 Å². The van der Waals surface area contributed by atoms with Crippen molar-refractivity contribution in [1.82, 2.24) is 15.5 Å². The molecule has 4 nitrogen and oxygen atoms in total. The summed E-state index contributed by atoms with van der Waals surface area (Å²) in [6.07, 6.45) is 1.48. The predicted octanol–water partition coefficient (Wildman–Crippen LogP) is 3.21. The lowest BCUT2D eigenvalue weighted by atomic mass is 10.0. The van der Waals surface area contributed by atoms with E-state index in [4.69, 9.17) is 4.52 Å². The van der Waals surface area contributed by atoms with Crippen molar-refractivity contribution >= 4 is 0 Å². The summed E-state index contributed by atoms with van der Waals surface area (Å²) >= 11 is 0. The van der Waals surface area contributed by atoms with Gasteiger partial charge in [0.2, 0.25) is 5.89 Å². The normalized spacial score (nSPS) is 11.9. The van der Waals surface area contributed by atoms with E-state index >= 15 is 0 Å². The summed E-state index contributed by atoms with van der Waals surface area (Å²) in [6, 6.07) is 6.45. The molecule has 0 aliphatic rings. The Kier molecular flexibility index (Phi) is 4.78. The first-order valence-electron chi connectivity index (χ1n) is 7.46. The molecule has 0 amide bonds. The van der Waals surface area contributed by atoms with Crippen LogP contribution in [0.5, 0.6) is 0 Å². The Morgan fingerprint density at radius 2 is 1.90 bits per heavy atom. The molecule has 4 heteroatoms. The first kappa shape index (κ1) is 15.7. The van der Waals surface area contributed by atoms with Gasteiger partial charge in [-0.25, -0.2) is 0 Å². The highest BCUT2D eigenvalue weighted by Gasteiger charge is 2.11. The van der Waals surface area contributed by atoms with Crippen LogP contribution in [-0.4, -0.2) is 22.2 Å². The van der Waals surface area contributed by atoms with Crippen LogP contribution in [0.2, 0.25) is 0 Å². The van der Waals surface area contributed by atoms with Crippen LogP contribution in [0, 0.1) is 13.8 Å². The van der Waals surface area contributed by atoms with Crippen LogP contribution < -0.4 is 5.32 Å². The van der Waals surface area contributed by atoms with Crippen LogP contribution in [0.4, 0.5) is 0 Å². The van der Waals surface area contributed by atoms with Gasteiger partial charge in [0.1, 0.15) is 0 Å². The van der Waals surface area contributed by atoms with E-state index in [0.29, 0.717) is 5.89 Å². The SMILES string of the molecule is Cc1ccc(Cc2noc(CCNC(C)(C)C)n2)cc1C. The summed E-state index contributed by atoms with van der Waals surface area (Å²) in [5, 5.41) is 7.48. The summed E-state index contributed by atoms with van der Waals surface area (Å²) in [7, 11) is 0. The van der Waals surface area contributed by atoms with E-state index in [2.05, 4.69) is 68.3 Å². The number of nitrogens with zero attached hydrogens (tertiary/aromatic N) is 2. The highest BCUT2D eigenvalue weighted by atomic mass is 16.5. The van der Waals surface area contributed by atoms with Gasteiger partial charge in [0.05, 0.1) is 0 Å². The highest BCUT2D eigenvalue weighted by Crippen LogP contribution is 2.13. The summed E-state index contributed by atoms with van der Waals surface area (Å²) in [5.74, 6) is 1.45. The molecule has 0 atom stereocenters. The molecule has 0 saturated heterocycles. The molecule has 0 saturated carbocycles. The van der Waals surface area contributed by atoms with Gasteiger partial charge in [-0.15, -0.1) is 0 Å². The summed E-state index contributed by atoms with van der Waals surface area (Å²) in [6.45, 7) is 11.5. The van der Waals surface area contributed by atoms with Gasteiger partial charge in [-0.3, -0.25) is 0 Å². The average molecular weight is 287 g/mol. The van der Waals surface area contributed by atoms with Gasteiger partial charge in [-0.2, -0.15) is 4.98 Å². The van der Waals surface area contributed by atoms with Crippen molar-refractivity contribution in [1.29, 1.82) is 0 Å². The van der Waals surface area contributed by atoms with Crippen molar-refractivity contribution in [2.45, 2.75) is 53.0 Å². The van der Waals surface area contributed by atoms with Crippen LogP contribution in [-0.2, 0) is 12.8 Å². The smallest absolute Gasteiger partial charge is 0.227 e. The Balaban J connectivity index is 1.92. The number of aromatic nitrogens is 2. The standard InChI is InChI=1S/C17H25N3O/c1-12-6-7-14(10-13(12)2)11-15-19-16(21-20-15)8-9-18-17(3,4)5/h6-7,10,18H,8-9,11H2,1-5H3. The molecule has 0 radical (unpaired) electrons. The van der Waals surface area contributed by atoms with Gasteiger partial charge in [-0.05, 0) is 51.3 Å². The zero-order valence-corrected chi connectivity index (χ0v) is 13.7. The zero-order valence-electron chi connectivity index (χ0n) is 13.7. The topological polar surface area (TPSA) is 51.0 Å². The van der Waals surface area contributed by atoms with Gasteiger partial charge in [-0.1, -0.05) is 23.4 Å². The molecule has 1 heterocycles. The Bertz CT molecular complexity index is 596. The molecule has 0 bridgehead atoms. The van der Waals surface area contributed by atoms with Crippen molar-refractivity contribution < 1.29 is 4.52 Å². The van der Waals surface area contributed by atoms with Crippen LogP contribution in [0.1, 0.15) is 49.2 Å². The summed E-state index contributed by atoms with van der Waals surface area (Å²) < 4.78 is 5.30. The van der Waals surface area contributed by atoms with Crippen molar-refractivity contribution in [3.05, 3.63) is 46.6 Å². The van der Waals surface area contributed by atoms with Gasteiger partial charge < -0.3 is 9.84 Å². The number of nitrogens with one attached hydrogen (secondary N) is 1. The second kappa shape index (κ2) is 6.39. The van der Waals surface area contributed by atoms with E-state index in [-0.39, 0.29) is 5.54 Å². The Hall–Kier alpha value is -1.68. The maximum absolute atomic E-state index is 5.30. The van der Waals surface area contributed by atoms with Crippen LogP contribution >= 0.6 is 0 Å². The third-order valence-corrected chi connectivity index (χ3v) is 3.44. The lowest BCUT2D eigenvalue weighted by Crippen LogP contribution is -2.37. The molecule has 0 spiro atoms. The minimum atomic E-state index is 0.113. The fraction of sp³-hybridized carbons (Fsp3) is 0.529. The van der Waals surface area contributed by atoms with E-state index in [1.54, 1.807) is 0 Å². The fourth-order valence-corrected chi connectivity index (χ4v) is 2.10. The number of hydrogen-bond acceptors (Lipinski definition) is 4. The molecule has 0 aliphatic carbocycles. The minimum absolute atomic E-state index is 0.113. The second-order valence-electron chi connectivity index (χ2n) is 6.63. The maximum Gasteiger partial charge on any atom is 0.227 e. The molecule has 1 aromatic carbocycles. The van der Waals surface area contributed by atoms with Crippen molar-refractivity contribution in [3.63, 3.8) is 0 Å². The zero-order chi connectivity index (χ0) is 15.5. The molecular weight excluding hydrogens is 262 g/mol. The molecule has 2 rings (SSSR count). The first-order valence-corrected chi connectivity index (χ1v) is 7.46. The fourth-order valence-electron chi connectivity index (χ4n) is 2.10. The molecule has 1 N–H and O–H groups in total. The Morgan fingerprint density at radius 1 is 1.14 bits per heavy atom. The number of rotatable bonds is 5. The van der Waals surface area contributed by atoms with E-state index in [9.17, 15) is 0 Å². The van der Waals surface area contributed by atoms with E-state index in [1.165, 1.54) is 16.7 Å². The largest absolute Gasteiger partial charge is 0.339 e. The molecular formula is C17H25N3O. The second-order valence-corrected chi connectivity index (χ2v) is 6.63. The van der Waals surface area contributed by atoms with Crippen molar-refractivity contribution in [2.24, 2.45) is 0 Å². The molecule has 1 aromatic heterocycles. The quantitative estimate of drug-likeness (QED) is 0.917. The molecule has 114 valence electrons. The summed E-state index contributed by atoms with van der Waals surface area (Å²) in [5.41, 5.74) is 3.94. The molecule has 0 unspecified atom stereocenters. The Morgan fingerprint density at radius 3 is 2.57 bits per heavy atom. The third-order valence-electron chi connectivity index (χ3n) is 3.44. The van der Waals surface area contributed by atoms with Gasteiger partial charge in [0.15, 0.2) is 5.82 Å². The van der Waals surface area contributed by atoms with Crippen LogP contribution in [0.3, 0.4) is 0 Å². The number of benzene rings is 1. The van der Waals surface area contributed by atoms with Crippen LogP contribution in [0.15, 0.2) is 22.7 Å². The van der Waals surface area contributed by atoms with Gasteiger partial charge in [0, 0.05) is 24.9 Å². The monoisotopic (exact) mass is 287 g/mol. The Labute approximate surface area is 127 Å². The highest BCUT2D eigenvalue weighted by molar-refractivity contribution is 5.31. The first-order chi connectivity index (χ1) is 9.83. The predicted molar refractivity (Wildman–Crippen MR) is 84.5 cm³/mol. The third kappa shape index (κ3) is 4.97. The van der Waals surface area contributed by atoms with Gasteiger partial charge in [0.25, 0.3) is 0 Å². The molecule has 21 heavy (non-hydrogen) atoms. The van der Waals surface area contributed by atoms with E-state index in [1.807, 2.05) is 0 Å². The van der Waals surface area contributed by atoms with Crippen LogP contribution in [0.25, 0.3) is 0 Å².